The summed E-state index contributed by atoms with van der Waals surface area (Å²) in [5, 5.41) is 3.61. The molecule has 8 nitrogen and oxygen atoms in total. The van der Waals surface area contributed by atoms with Crippen LogP contribution in [0.5, 0.6) is 5.75 Å². The molecule has 248 valence electrons. The van der Waals surface area contributed by atoms with E-state index in [4.69, 9.17) is 27.9 Å². The lowest BCUT2D eigenvalue weighted by molar-refractivity contribution is -0.140. The lowest BCUT2D eigenvalue weighted by Crippen LogP contribution is -2.53. The molecule has 0 spiro atoms. The van der Waals surface area contributed by atoms with Crippen LogP contribution >= 0.6 is 23.2 Å². The molecular formula is C36H39Cl2N3O5S. The van der Waals surface area contributed by atoms with Crippen LogP contribution in [0.2, 0.25) is 10.0 Å². The highest BCUT2D eigenvalue weighted by atomic mass is 35.5. The fourth-order valence-electron chi connectivity index (χ4n) is 5.04. The minimum atomic E-state index is -4.28. The van der Waals surface area contributed by atoms with Crippen LogP contribution in [0.4, 0.5) is 5.69 Å². The molecule has 0 fully saturated rings. The van der Waals surface area contributed by atoms with Crippen LogP contribution in [0, 0.1) is 12.8 Å². The van der Waals surface area contributed by atoms with Crippen LogP contribution in [-0.4, -0.2) is 51.4 Å². The number of hydrogen-bond acceptors (Lipinski definition) is 5. The highest BCUT2D eigenvalue weighted by molar-refractivity contribution is 7.92. The largest absolute Gasteiger partial charge is 0.495 e. The van der Waals surface area contributed by atoms with Gasteiger partial charge in [0.15, 0.2) is 0 Å². The molecule has 47 heavy (non-hydrogen) atoms. The molecule has 0 saturated heterocycles. The third-order valence-electron chi connectivity index (χ3n) is 7.51. The summed E-state index contributed by atoms with van der Waals surface area (Å²) in [5.41, 5.74) is 2.42. The number of hydrogen-bond donors (Lipinski definition) is 1. The average Bonchev–Trinajstić information content (AvgIpc) is 3.06. The van der Waals surface area contributed by atoms with Crippen LogP contribution in [0.15, 0.2) is 102 Å². The number of nitrogens with zero attached hydrogens (tertiary/aromatic N) is 2. The molecule has 0 bridgehead atoms. The van der Waals surface area contributed by atoms with Crippen LogP contribution in [-0.2, 0) is 32.6 Å². The van der Waals surface area contributed by atoms with Gasteiger partial charge >= 0.3 is 0 Å². The van der Waals surface area contributed by atoms with Crippen molar-refractivity contribution in [3.63, 3.8) is 0 Å². The van der Waals surface area contributed by atoms with Crippen molar-refractivity contribution in [3.05, 3.63) is 124 Å². The fraction of sp³-hybridized carbons (Fsp3) is 0.278. The van der Waals surface area contributed by atoms with Gasteiger partial charge in [-0.3, -0.25) is 13.9 Å². The second-order valence-electron chi connectivity index (χ2n) is 11.6. The van der Waals surface area contributed by atoms with Crippen molar-refractivity contribution in [1.82, 2.24) is 10.2 Å². The Bertz CT molecular complexity index is 1790. The first-order valence-electron chi connectivity index (χ1n) is 15.2. The zero-order valence-corrected chi connectivity index (χ0v) is 29.1. The molecule has 1 N–H and O–H groups in total. The molecule has 0 saturated carbocycles. The number of halogens is 2. The maximum Gasteiger partial charge on any atom is 0.264 e. The predicted octanol–water partition coefficient (Wildman–Crippen LogP) is 6.92. The quantitative estimate of drug-likeness (QED) is 0.155. The molecule has 0 aliphatic carbocycles. The number of nitrogens with one attached hydrogen (secondary N) is 1. The Labute approximate surface area is 287 Å². The number of anilines is 1. The molecule has 4 rings (SSSR count). The van der Waals surface area contributed by atoms with E-state index < -0.39 is 28.5 Å². The topological polar surface area (TPSA) is 96.0 Å². The van der Waals surface area contributed by atoms with Crippen LogP contribution in [0.1, 0.15) is 30.5 Å². The Kier molecular flexibility index (Phi) is 12.3. The molecule has 2 amide bonds. The van der Waals surface area contributed by atoms with Gasteiger partial charge in [0.25, 0.3) is 10.0 Å². The van der Waals surface area contributed by atoms with Gasteiger partial charge in [-0.05, 0) is 65.9 Å². The normalized spacial score (nSPS) is 12.0. The van der Waals surface area contributed by atoms with Gasteiger partial charge < -0.3 is 15.0 Å². The molecule has 1 unspecified atom stereocenters. The van der Waals surface area contributed by atoms with Crippen LogP contribution in [0.25, 0.3) is 0 Å². The first-order valence-corrected chi connectivity index (χ1v) is 17.4. The molecule has 4 aromatic carbocycles. The van der Waals surface area contributed by atoms with Crippen molar-refractivity contribution in [2.45, 2.75) is 44.7 Å². The standard InChI is InChI=1S/C36H39Cl2N3O5S/c1-25(2)22-39-36(43)33(21-27-11-7-5-8-12-27)40(23-28-16-17-30(37)31(38)20-28)35(42)24-41(32-19-26(3)15-18-34(32)46-4)47(44,45)29-13-9-6-10-14-29/h5-20,25,33H,21-24H2,1-4H3,(H,39,43). The lowest BCUT2D eigenvalue weighted by Gasteiger charge is -2.34. The van der Waals surface area contributed by atoms with Crippen molar-refractivity contribution in [2.75, 3.05) is 24.5 Å². The van der Waals surface area contributed by atoms with Gasteiger partial charge in [-0.2, -0.15) is 0 Å². The molecule has 0 aliphatic heterocycles. The number of methoxy groups -OCH3 is 1. The Morgan fingerprint density at radius 1 is 0.851 bits per heavy atom. The summed E-state index contributed by atoms with van der Waals surface area (Å²) < 4.78 is 35.2. The summed E-state index contributed by atoms with van der Waals surface area (Å²) in [6.45, 7) is 5.53. The highest BCUT2D eigenvalue weighted by Gasteiger charge is 2.35. The zero-order valence-electron chi connectivity index (χ0n) is 26.8. The Balaban J connectivity index is 1.85. The summed E-state index contributed by atoms with van der Waals surface area (Å²) >= 11 is 12.6. The van der Waals surface area contributed by atoms with Gasteiger partial charge in [0.2, 0.25) is 11.8 Å². The molecule has 1 atom stereocenters. The van der Waals surface area contributed by atoms with Gasteiger partial charge in [-0.1, -0.05) is 97.7 Å². The molecule has 4 aromatic rings. The number of aryl methyl sites for hydroxylation is 1. The SMILES string of the molecule is COc1ccc(C)cc1N(CC(=O)N(Cc1ccc(Cl)c(Cl)c1)C(Cc1ccccc1)C(=O)NCC(C)C)S(=O)(=O)c1ccccc1. The van der Waals surface area contributed by atoms with E-state index in [0.717, 1.165) is 15.4 Å². The summed E-state index contributed by atoms with van der Waals surface area (Å²) in [5.74, 6) is -0.522. The number of carbonyl (C=O) groups excluding carboxylic acids is 2. The zero-order chi connectivity index (χ0) is 34.1. The molecule has 11 heteroatoms. The third-order valence-corrected chi connectivity index (χ3v) is 10.0. The van der Waals surface area contributed by atoms with E-state index in [1.54, 1.807) is 54.6 Å². The smallest absolute Gasteiger partial charge is 0.264 e. The van der Waals surface area contributed by atoms with Gasteiger partial charge in [0, 0.05) is 19.5 Å². The van der Waals surface area contributed by atoms with Crippen molar-refractivity contribution in [1.29, 1.82) is 0 Å². The molecule has 0 aromatic heterocycles. The number of sulfonamides is 1. The lowest BCUT2D eigenvalue weighted by atomic mass is 10.0. The van der Waals surface area contributed by atoms with E-state index in [1.807, 2.05) is 51.1 Å². The first-order chi connectivity index (χ1) is 22.4. The second kappa shape index (κ2) is 16.2. The van der Waals surface area contributed by atoms with Crippen molar-refractivity contribution in [3.8, 4) is 5.75 Å². The summed E-state index contributed by atoms with van der Waals surface area (Å²) in [6.07, 6.45) is 0.191. The maximum atomic E-state index is 14.7. The molecule has 0 aliphatic rings. The van der Waals surface area contributed by atoms with Crippen molar-refractivity contribution < 1.29 is 22.7 Å². The molecule has 0 heterocycles. The van der Waals surface area contributed by atoms with Crippen molar-refractivity contribution in [2.24, 2.45) is 5.92 Å². The third kappa shape index (κ3) is 9.28. The number of benzene rings is 4. The average molecular weight is 697 g/mol. The van der Waals surface area contributed by atoms with E-state index in [9.17, 15) is 18.0 Å². The summed E-state index contributed by atoms with van der Waals surface area (Å²) in [7, 11) is -2.84. The van der Waals surface area contributed by atoms with Gasteiger partial charge in [-0.25, -0.2) is 8.42 Å². The van der Waals surface area contributed by atoms with E-state index in [2.05, 4.69) is 5.32 Å². The minimum absolute atomic E-state index is 0.00269. The van der Waals surface area contributed by atoms with Gasteiger partial charge in [0.05, 0.1) is 27.7 Å². The minimum Gasteiger partial charge on any atom is -0.495 e. The Morgan fingerprint density at radius 3 is 2.13 bits per heavy atom. The second-order valence-corrected chi connectivity index (χ2v) is 14.3. The highest BCUT2D eigenvalue weighted by Crippen LogP contribution is 2.34. The van der Waals surface area contributed by atoms with Crippen LogP contribution < -0.4 is 14.4 Å². The molecule has 0 radical (unpaired) electrons. The van der Waals surface area contributed by atoms with Gasteiger partial charge in [-0.15, -0.1) is 0 Å². The van der Waals surface area contributed by atoms with Crippen LogP contribution in [0.3, 0.4) is 0 Å². The summed E-state index contributed by atoms with van der Waals surface area (Å²) in [4.78, 5) is 30.0. The predicted molar refractivity (Wildman–Crippen MR) is 187 cm³/mol. The summed E-state index contributed by atoms with van der Waals surface area (Å²) in [6, 6.07) is 26.4. The van der Waals surface area contributed by atoms with E-state index >= 15 is 0 Å². The number of ether oxygens (including phenoxy) is 1. The van der Waals surface area contributed by atoms with Crippen molar-refractivity contribution >= 4 is 50.7 Å². The number of amides is 2. The molecular weight excluding hydrogens is 657 g/mol. The number of carbonyl (C=O) groups is 2. The van der Waals surface area contributed by atoms with E-state index in [1.165, 1.54) is 24.1 Å². The maximum absolute atomic E-state index is 14.7. The van der Waals surface area contributed by atoms with Gasteiger partial charge in [0.1, 0.15) is 18.3 Å². The van der Waals surface area contributed by atoms with E-state index in [0.29, 0.717) is 22.2 Å². The Morgan fingerprint density at radius 2 is 1.51 bits per heavy atom. The monoisotopic (exact) mass is 695 g/mol. The van der Waals surface area contributed by atoms with E-state index in [-0.39, 0.29) is 41.1 Å². The Hall–Kier alpha value is -4.05. The number of rotatable bonds is 14. The first kappa shape index (κ1) is 35.8. The fourth-order valence-corrected chi connectivity index (χ4v) is 6.80.